The summed E-state index contributed by atoms with van der Waals surface area (Å²) in [6.45, 7) is 3.25. The Kier molecular flexibility index (Phi) is 3.25. The number of piperazine rings is 1. The molecule has 0 unspecified atom stereocenters. The quantitative estimate of drug-likeness (QED) is 0.861. The van der Waals surface area contributed by atoms with E-state index in [1.807, 2.05) is 0 Å². The van der Waals surface area contributed by atoms with Crippen molar-refractivity contribution >= 4 is 40.7 Å². The largest absolute Gasteiger partial charge is 0.341 e. The van der Waals surface area contributed by atoms with Crippen LogP contribution in [0.25, 0.3) is 0 Å². The SMILES string of the molecule is CC1(C)NC(=O)CN(c2cccc(Cl)c2Cl)C1=O. The van der Waals surface area contributed by atoms with Crippen molar-refractivity contribution in [1.82, 2.24) is 5.32 Å². The molecule has 4 nitrogen and oxygen atoms in total. The van der Waals surface area contributed by atoms with Crippen LogP contribution in [-0.2, 0) is 9.59 Å². The molecule has 0 atom stereocenters. The van der Waals surface area contributed by atoms with Crippen LogP contribution in [0.5, 0.6) is 0 Å². The number of benzene rings is 1. The number of halogens is 2. The summed E-state index contributed by atoms with van der Waals surface area (Å²) in [4.78, 5) is 25.2. The molecule has 1 fully saturated rings. The zero-order valence-corrected chi connectivity index (χ0v) is 11.5. The van der Waals surface area contributed by atoms with E-state index in [4.69, 9.17) is 23.2 Å². The second-order valence-corrected chi connectivity index (χ2v) is 5.42. The molecule has 1 heterocycles. The predicted molar refractivity (Wildman–Crippen MR) is 71.0 cm³/mol. The van der Waals surface area contributed by atoms with Crippen LogP contribution < -0.4 is 10.2 Å². The zero-order chi connectivity index (χ0) is 13.5. The second-order valence-electron chi connectivity index (χ2n) is 4.64. The first-order valence-corrected chi connectivity index (χ1v) is 6.15. The molecule has 18 heavy (non-hydrogen) atoms. The molecule has 0 radical (unpaired) electrons. The minimum absolute atomic E-state index is 0.0532. The molecule has 2 rings (SSSR count). The molecule has 0 bridgehead atoms. The average Bonchev–Trinajstić information content (AvgIpc) is 2.27. The molecule has 6 heteroatoms. The van der Waals surface area contributed by atoms with Crippen LogP contribution in [0.4, 0.5) is 5.69 Å². The summed E-state index contributed by atoms with van der Waals surface area (Å²) in [6.07, 6.45) is 0. The third-order valence-corrected chi connectivity index (χ3v) is 3.56. The van der Waals surface area contributed by atoms with Crippen molar-refractivity contribution < 1.29 is 9.59 Å². The van der Waals surface area contributed by atoms with Crippen molar-refractivity contribution in [3.05, 3.63) is 28.2 Å². The minimum atomic E-state index is -0.943. The molecule has 1 aliphatic heterocycles. The number of carbonyl (C=O) groups is 2. The van der Waals surface area contributed by atoms with Crippen molar-refractivity contribution in [3.8, 4) is 0 Å². The minimum Gasteiger partial charge on any atom is -0.341 e. The number of amides is 2. The zero-order valence-electron chi connectivity index (χ0n) is 9.96. The second kappa shape index (κ2) is 4.44. The maximum atomic E-state index is 12.3. The Morgan fingerprint density at radius 2 is 1.94 bits per heavy atom. The molecule has 1 N–H and O–H groups in total. The van der Waals surface area contributed by atoms with Crippen LogP contribution in [0.2, 0.25) is 10.0 Å². The fourth-order valence-electron chi connectivity index (χ4n) is 1.89. The highest BCUT2D eigenvalue weighted by molar-refractivity contribution is 6.44. The van der Waals surface area contributed by atoms with Gasteiger partial charge in [0.05, 0.1) is 15.7 Å². The Labute approximate surface area is 115 Å². The number of hydrogen-bond acceptors (Lipinski definition) is 2. The van der Waals surface area contributed by atoms with E-state index < -0.39 is 5.54 Å². The molecule has 1 aromatic rings. The lowest BCUT2D eigenvalue weighted by atomic mass is 10.00. The van der Waals surface area contributed by atoms with Crippen molar-refractivity contribution in [1.29, 1.82) is 0 Å². The Bertz CT molecular complexity index is 529. The van der Waals surface area contributed by atoms with Gasteiger partial charge in [0.1, 0.15) is 12.1 Å². The summed E-state index contributed by atoms with van der Waals surface area (Å²) in [6, 6.07) is 4.99. The fourth-order valence-corrected chi connectivity index (χ4v) is 2.29. The van der Waals surface area contributed by atoms with Crippen LogP contribution in [0.15, 0.2) is 18.2 Å². The monoisotopic (exact) mass is 286 g/mol. The molecule has 1 saturated heterocycles. The lowest BCUT2D eigenvalue weighted by Gasteiger charge is -2.37. The molecule has 96 valence electrons. The molecule has 0 saturated carbocycles. The van der Waals surface area contributed by atoms with Gasteiger partial charge in [-0.3, -0.25) is 14.5 Å². The predicted octanol–water partition coefficient (Wildman–Crippen LogP) is 2.23. The van der Waals surface area contributed by atoms with Gasteiger partial charge in [0.25, 0.3) is 5.91 Å². The number of nitrogens with zero attached hydrogens (tertiary/aromatic N) is 1. The van der Waals surface area contributed by atoms with Gasteiger partial charge in [-0.15, -0.1) is 0 Å². The van der Waals surface area contributed by atoms with E-state index in [1.54, 1.807) is 32.0 Å². The normalized spacial score (nSPS) is 18.8. The summed E-state index contributed by atoms with van der Waals surface area (Å²) < 4.78 is 0. The summed E-state index contributed by atoms with van der Waals surface area (Å²) in [5.41, 5.74) is -0.488. The van der Waals surface area contributed by atoms with Crippen molar-refractivity contribution in [2.75, 3.05) is 11.4 Å². The van der Waals surface area contributed by atoms with Gasteiger partial charge in [-0.2, -0.15) is 0 Å². The molecular formula is C12H12Cl2N2O2. The van der Waals surface area contributed by atoms with Gasteiger partial charge in [0.2, 0.25) is 5.91 Å². The van der Waals surface area contributed by atoms with Gasteiger partial charge in [-0.1, -0.05) is 29.3 Å². The highest BCUT2D eigenvalue weighted by Crippen LogP contribution is 2.34. The molecule has 0 spiro atoms. The summed E-state index contributed by atoms with van der Waals surface area (Å²) >= 11 is 12.0. The topological polar surface area (TPSA) is 49.4 Å². The van der Waals surface area contributed by atoms with E-state index in [-0.39, 0.29) is 23.4 Å². The first kappa shape index (κ1) is 13.2. The van der Waals surface area contributed by atoms with E-state index in [9.17, 15) is 9.59 Å². The van der Waals surface area contributed by atoms with Gasteiger partial charge in [-0.05, 0) is 26.0 Å². The van der Waals surface area contributed by atoms with E-state index in [0.29, 0.717) is 10.7 Å². The first-order chi connectivity index (χ1) is 8.33. The number of rotatable bonds is 1. The average molecular weight is 287 g/mol. The van der Waals surface area contributed by atoms with Crippen molar-refractivity contribution in [2.24, 2.45) is 0 Å². The molecule has 2 amide bonds. The van der Waals surface area contributed by atoms with E-state index in [1.165, 1.54) is 4.90 Å². The van der Waals surface area contributed by atoms with Crippen LogP contribution in [0, 0.1) is 0 Å². The van der Waals surface area contributed by atoms with Crippen molar-refractivity contribution in [2.45, 2.75) is 19.4 Å². The van der Waals surface area contributed by atoms with E-state index in [2.05, 4.69) is 5.32 Å². The maximum Gasteiger partial charge on any atom is 0.252 e. The van der Waals surface area contributed by atoms with Gasteiger partial charge in [0.15, 0.2) is 0 Å². The smallest absolute Gasteiger partial charge is 0.252 e. The van der Waals surface area contributed by atoms with Crippen molar-refractivity contribution in [3.63, 3.8) is 0 Å². The van der Waals surface area contributed by atoms with Gasteiger partial charge >= 0.3 is 0 Å². The Morgan fingerprint density at radius 1 is 1.28 bits per heavy atom. The van der Waals surface area contributed by atoms with Crippen LogP contribution in [0.3, 0.4) is 0 Å². The lowest BCUT2D eigenvalue weighted by Crippen LogP contribution is -2.64. The highest BCUT2D eigenvalue weighted by atomic mass is 35.5. The number of carbonyl (C=O) groups excluding carboxylic acids is 2. The third kappa shape index (κ3) is 2.18. The maximum absolute atomic E-state index is 12.3. The molecular weight excluding hydrogens is 275 g/mol. The Hall–Kier alpha value is -1.26. The van der Waals surface area contributed by atoms with E-state index >= 15 is 0 Å². The number of anilines is 1. The van der Waals surface area contributed by atoms with Gasteiger partial charge < -0.3 is 5.32 Å². The first-order valence-electron chi connectivity index (χ1n) is 5.40. The van der Waals surface area contributed by atoms with Crippen LogP contribution >= 0.6 is 23.2 Å². The lowest BCUT2D eigenvalue weighted by molar-refractivity contribution is -0.134. The van der Waals surface area contributed by atoms with Crippen LogP contribution in [0.1, 0.15) is 13.8 Å². The van der Waals surface area contributed by atoms with Gasteiger partial charge in [0, 0.05) is 0 Å². The third-order valence-electron chi connectivity index (χ3n) is 2.76. The number of hydrogen-bond donors (Lipinski definition) is 1. The fraction of sp³-hybridized carbons (Fsp3) is 0.333. The molecule has 0 aromatic heterocycles. The van der Waals surface area contributed by atoms with Crippen LogP contribution in [-0.4, -0.2) is 23.9 Å². The Balaban J connectivity index is 2.46. The summed E-state index contributed by atoms with van der Waals surface area (Å²) in [7, 11) is 0. The highest BCUT2D eigenvalue weighted by Gasteiger charge is 2.40. The molecule has 1 aromatic carbocycles. The summed E-state index contributed by atoms with van der Waals surface area (Å²) in [5.74, 6) is -0.443. The Morgan fingerprint density at radius 3 is 2.61 bits per heavy atom. The van der Waals surface area contributed by atoms with Gasteiger partial charge in [-0.25, -0.2) is 0 Å². The molecule has 0 aliphatic carbocycles. The molecule has 1 aliphatic rings. The number of nitrogens with one attached hydrogen (secondary N) is 1. The standard InChI is InChI=1S/C12H12Cl2N2O2/c1-12(2)11(18)16(6-9(17)15-12)8-5-3-4-7(13)10(8)14/h3-5H,6H2,1-2H3,(H,15,17). The summed E-state index contributed by atoms with van der Waals surface area (Å²) in [5, 5.41) is 3.26. The van der Waals surface area contributed by atoms with E-state index in [0.717, 1.165) is 0 Å².